The van der Waals surface area contributed by atoms with Gasteiger partial charge in [-0.05, 0) is 10.6 Å². The second-order valence-corrected chi connectivity index (χ2v) is 5.37. The summed E-state index contributed by atoms with van der Waals surface area (Å²) in [6.07, 6.45) is 0. The van der Waals surface area contributed by atoms with Gasteiger partial charge in [-0.15, -0.1) is 4.91 Å². The summed E-state index contributed by atoms with van der Waals surface area (Å²) in [4.78, 5) is 11.4. The van der Waals surface area contributed by atoms with Crippen molar-refractivity contribution in [3.8, 4) is 22.4 Å². The lowest BCUT2D eigenvalue weighted by Gasteiger charge is -2.09. The molecule has 0 aromatic heterocycles. The largest absolute Gasteiger partial charge is 0.266 e. The Hall–Kier alpha value is -2.72. The van der Waals surface area contributed by atoms with Gasteiger partial charge in [0.05, 0.1) is 11.3 Å². The van der Waals surface area contributed by atoms with Gasteiger partial charge in [0.15, 0.2) is 0 Å². The SMILES string of the molecule is O=Nc1c2c(Cl)[nH]nc(-c3ccccc3)c-2c2ccccc12. The van der Waals surface area contributed by atoms with Gasteiger partial charge in [0.1, 0.15) is 10.8 Å². The average molecular weight is 308 g/mol. The smallest absolute Gasteiger partial charge is 0.132 e. The molecular formula is C17H10ClN3O. The van der Waals surface area contributed by atoms with Gasteiger partial charge in [-0.3, -0.25) is 5.10 Å². The summed E-state index contributed by atoms with van der Waals surface area (Å²) in [6, 6.07) is 17.4. The molecule has 0 atom stereocenters. The fraction of sp³-hybridized carbons (Fsp3) is 0. The van der Waals surface area contributed by atoms with E-state index in [1.165, 1.54) is 0 Å². The highest BCUT2D eigenvalue weighted by Crippen LogP contribution is 2.50. The molecule has 4 nitrogen and oxygen atoms in total. The van der Waals surface area contributed by atoms with Crippen LogP contribution in [-0.2, 0) is 0 Å². The van der Waals surface area contributed by atoms with Crippen LogP contribution in [-0.4, -0.2) is 10.2 Å². The summed E-state index contributed by atoms with van der Waals surface area (Å²) in [5.74, 6) is 0. The first-order valence-electron chi connectivity index (χ1n) is 6.78. The number of hydrogen-bond donors (Lipinski definition) is 1. The maximum Gasteiger partial charge on any atom is 0.132 e. The molecule has 0 saturated heterocycles. The molecule has 0 bridgehead atoms. The number of nitrogens with one attached hydrogen (secondary N) is 1. The molecule has 0 spiro atoms. The molecule has 1 aliphatic heterocycles. The van der Waals surface area contributed by atoms with Crippen LogP contribution in [0.15, 0.2) is 59.8 Å². The van der Waals surface area contributed by atoms with Gasteiger partial charge < -0.3 is 0 Å². The molecule has 1 aliphatic carbocycles. The molecule has 1 heterocycles. The first kappa shape index (κ1) is 13.0. The Morgan fingerprint density at radius 1 is 0.909 bits per heavy atom. The summed E-state index contributed by atoms with van der Waals surface area (Å²) < 4.78 is 0. The molecule has 5 heteroatoms. The van der Waals surface area contributed by atoms with Gasteiger partial charge in [0, 0.05) is 16.5 Å². The number of aromatic amines is 1. The number of hydrogen-bond acceptors (Lipinski definition) is 3. The maximum absolute atomic E-state index is 11.4. The van der Waals surface area contributed by atoms with E-state index < -0.39 is 0 Å². The number of aromatic nitrogens is 2. The maximum atomic E-state index is 11.4. The zero-order valence-corrected chi connectivity index (χ0v) is 12.1. The minimum absolute atomic E-state index is 0.320. The summed E-state index contributed by atoms with van der Waals surface area (Å²) in [5, 5.41) is 12.4. The number of nitrogens with zero attached hydrogens (tertiary/aromatic N) is 2. The van der Waals surface area contributed by atoms with Gasteiger partial charge >= 0.3 is 0 Å². The molecule has 1 N–H and O–H groups in total. The molecule has 2 aromatic carbocycles. The van der Waals surface area contributed by atoms with E-state index in [9.17, 15) is 4.91 Å². The zero-order valence-electron chi connectivity index (χ0n) is 11.4. The van der Waals surface area contributed by atoms with E-state index in [0.29, 0.717) is 16.4 Å². The Bertz CT molecular complexity index is 963. The van der Waals surface area contributed by atoms with Crippen LogP contribution in [0.2, 0.25) is 5.15 Å². The number of benzene rings is 2. The Kier molecular flexibility index (Phi) is 2.91. The van der Waals surface area contributed by atoms with Crippen molar-refractivity contribution in [3.05, 3.63) is 64.7 Å². The highest BCUT2D eigenvalue weighted by atomic mass is 35.5. The number of rotatable bonds is 2. The predicted octanol–water partition coefficient (Wildman–Crippen LogP) is 5.39. The number of H-pyrrole nitrogens is 1. The van der Waals surface area contributed by atoms with E-state index in [0.717, 1.165) is 27.6 Å². The Labute approximate surface area is 131 Å². The van der Waals surface area contributed by atoms with Crippen molar-refractivity contribution in [1.29, 1.82) is 0 Å². The van der Waals surface area contributed by atoms with Crippen LogP contribution in [0.25, 0.3) is 33.2 Å². The van der Waals surface area contributed by atoms with E-state index in [2.05, 4.69) is 15.4 Å². The van der Waals surface area contributed by atoms with Crippen molar-refractivity contribution in [3.63, 3.8) is 0 Å². The van der Waals surface area contributed by atoms with Crippen LogP contribution in [0.5, 0.6) is 0 Å². The Morgan fingerprint density at radius 3 is 2.32 bits per heavy atom. The van der Waals surface area contributed by atoms with E-state index in [4.69, 9.17) is 11.6 Å². The summed E-state index contributed by atoms with van der Waals surface area (Å²) >= 11 is 6.25. The van der Waals surface area contributed by atoms with Crippen LogP contribution in [0.4, 0.5) is 5.69 Å². The Balaban J connectivity index is 2.20. The zero-order chi connectivity index (χ0) is 15.1. The molecule has 0 amide bonds. The molecule has 0 unspecified atom stereocenters. The Morgan fingerprint density at radius 2 is 1.59 bits per heavy atom. The third-order valence-corrected chi connectivity index (χ3v) is 4.07. The van der Waals surface area contributed by atoms with Gasteiger partial charge in [0.25, 0.3) is 0 Å². The highest BCUT2D eigenvalue weighted by Gasteiger charge is 2.26. The predicted molar refractivity (Wildman–Crippen MR) is 88.6 cm³/mol. The lowest BCUT2D eigenvalue weighted by Crippen LogP contribution is -1.94. The molecule has 0 fully saturated rings. The fourth-order valence-electron chi connectivity index (χ4n) is 2.87. The number of halogens is 1. The van der Waals surface area contributed by atoms with E-state index in [-0.39, 0.29) is 0 Å². The summed E-state index contributed by atoms with van der Waals surface area (Å²) in [7, 11) is 0. The molecule has 22 heavy (non-hydrogen) atoms. The van der Waals surface area contributed by atoms with E-state index in [1.807, 2.05) is 54.6 Å². The molecule has 2 aliphatic rings. The van der Waals surface area contributed by atoms with Crippen LogP contribution >= 0.6 is 11.6 Å². The number of nitroso groups, excluding NO2 is 1. The van der Waals surface area contributed by atoms with Gasteiger partial charge in [-0.2, -0.15) is 5.10 Å². The van der Waals surface area contributed by atoms with Crippen LogP contribution in [0.3, 0.4) is 0 Å². The first-order chi connectivity index (χ1) is 10.8. The van der Waals surface area contributed by atoms with Crippen molar-refractivity contribution in [2.75, 3.05) is 0 Å². The van der Waals surface area contributed by atoms with Crippen LogP contribution < -0.4 is 0 Å². The molecule has 0 saturated carbocycles. The van der Waals surface area contributed by atoms with E-state index in [1.54, 1.807) is 0 Å². The summed E-state index contributed by atoms with van der Waals surface area (Å²) in [6.45, 7) is 0. The second kappa shape index (κ2) is 4.93. The van der Waals surface area contributed by atoms with Crippen molar-refractivity contribution in [2.45, 2.75) is 0 Å². The lowest BCUT2D eigenvalue weighted by molar-refractivity contribution is 1.04. The third-order valence-electron chi connectivity index (χ3n) is 3.80. The standard InChI is InChI=1S/C17H10ClN3O/c18-17-14-13(11-8-4-5-9-12(11)16(14)21-22)15(19-20-17)10-6-2-1-3-7-10/h1-9,20H. The highest BCUT2D eigenvalue weighted by molar-refractivity contribution is 6.35. The average Bonchev–Trinajstić information content (AvgIpc) is 2.91. The minimum Gasteiger partial charge on any atom is -0.266 e. The fourth-order valence-corrected chi connectivity index (χ4v) is 3.10. The van der Waals surface area contributed by atoms with Crippen molar-refractivity contribution < 1.29 is 0 Å². The lowest BCUT2D eigenvalue weighted by atomic mass is 10.0. The molecular weight excluding hydrogens is 298 g/mol. The van der Waals surface area contributed by atoms with Gasteiger partial charge in [-0.1, -0.05) is 66.2 Å². The molecule has 2 aromatic rings. The molecule has 4 rings (SSSR count). The molecule has 106 valence electrons. The quantitative estimate of drug-likeness (QED) is 0.505. The van der Waals surface area contributed by atoms with E-state index >= 15 is 0 Å². The molecule has 0 radical (unpaired) electrons. The summed E-state index contributed by atoms with van der Waals surface area (Å²) in [5.41, 5.74) is 3.53. The van der Waals surface area contributed by atoms with Crippen molar-refractivity contribution in [2.24, 2.45) is 5.18 Å². The van der Waals surface area contributed by atoms with Crippen molar-refractivity contribution in [1.82, 2.24) is 10.2 Å². The topological polar surface area (TPSA) is 58.1 Å². The normalized spacial score (nSPS) is 11.1. The third kappa shape index (κ3) is 1.74. The van der Waals surface area contributed by atoms with Crippen molar-refractivity contribution >= 4 is 28.1 Å². The first-order valence-corrected chi connectivity index (χ1v) is 7.16. The number of fused-ring (bicyclic) bond motifs is 3. The monoisotopic (exact) mass is 307 g/mol. The minimum atomic E-state index is 0.320. The second-order valence-electron chi connectivity index (χ2n) is 4.99. The van der Waals surface area contributed by atoms with Gasteiger partial charge in [0.2, 0.25) is 0 Å². The van der Waals surface area contributed by atoms with Crippen LogP contribution in [0, 0.1) is 4.91 Å². The van der Waals surface area contributed by atoms with Crippen LogP contribution in [0.1, 0.15) is 0 Å². The van der Waals surface area contributed by atoms with Gasteiger partial charge in [-0.25, -0.2) is 0 Å².